The number of nitrogens with one attached hydrogen (secondary N) is 1. The monoisotopic (exact) mass is 486 g/mol. The minimum absolute atomic E-state index is 0.00430. The lowest BCUT2D eigenvalue weighted by Crippen LogP contribution is -2.21. The zero-order valence-corrected chi connectivity index (χ0v) is 18.8. The van der Waals surface area contributed by atoms with Crippen molar-refractivity contribution in [1.29, 1.82) is 0 Å². The number of rotatable bonds is 9. The highest BCUT2D eigenvalue weighted by atomic mass is 35.5. The van der Waals surface area contributed by atoms with Crippen molar-refractivity contribution in [2.24, 2.45) is 0 Å². The number of halogens is 1. The molecule has 1 amide bonds. The average Bonchev–Trinajstić information content (AvgIpc) is 2.84. The van der Waals surface area contributed by atoms with Gasteiger partial charge in [-0.1, -0.05) is 11.6 Å². The van der Waals surface area contributed by atoms with Crippen LogP contribution in [0.4, 0.5) is 11.4 Å². The van der Waals surface area contributed by atoms with Crippen LogP contribution in [0.3, 0.4) is 0 Å². The number of hydrogen-bond acceptors (Lipinski definition) is 8. The lowest BCUT2D eigenvalue weighted by Gasteiger charge is -2.12. The van der Waals surface area contributed by atoms with Crippen molar-refractivity contribution in [1.82, 2.24) is 0 Å². The molecule has 0 aliphatic heterocycles. The molecule has 0 spiro atoms. The third-order valence-electron chi connectivity index (χ3n) is 4.45. The standard InChI is InChI=1S/C23H19ClN2O8/c1-31-17-8-9-18(21(12-17)32-2)25-22(27)13-33-23(28)14-3-6-16(7-4-14)34-20-10-5-15(24)11-19(20)26(29)30/h3-12H,13H2,1-2H3,(H,25,27). The fraction of sp³-hybridized carbons (Fsp3) is 0.130. The topological polar surface area (TPSA) is 126 Å². The first-order valence-corrected chi connectivity index (χ1v) is 10.1. The van der Waals surface area contributed by atoms with E-state index in [1.54, 1.807) is 18.2 Å². The Morgan fingerprint density at radius 3 is 2.29 bits per heavy atom. The van der Waals surface area contributed by atoms with Crippen LogP contribution in [0, 0.1) is 10.1 Å². The van der Waals surface area contributed by atoms with Gasteiger partial charge in [-0.3, -0.25) is 14.9 Å². The molecule has 11 heteroatoms. The Hall–Kier alpha value is -4.31. The zero-order chi connectivity index (χ0) is 24.7. The summed E-state index contributed by atoms with van der Waals surface area (Å²) in [7, 11) is 2.95. The number of ether oxygens (including phenoxy) is 4. The molecule has 0 fully saturated rings. The van der Waals surface area contributed by atoms with Crippen LogP contribution in [0.25, 0.3) is 0 Å². The van der Waals surface area contributed by atoms with Crippen molar-refractivity contribution in [2.45, 2.75) is 0 Å². The fourth-order valence-corrected chi connectivity index (χ4v) is 2.97. The Bertz CT molecular complexity index is 1210. The minimum Gasteiger partial charge on any atom is -0.497 e. The highest BCUT2D eigenvalue weighted by Gasteiger charge is 2.17. The van der Waals surface area contributed by atoms with Gasteiger partial charge in [-0.15, -0.1) is 0 Å². The van der Waals surface area contributed by atoms with Gasteiger partial charge in [0.2, 0.25) is 5.75 Å². The minimum atomic E-state index is -0.735. The average molecular weight is 487 g/mol. The maximum atomic E-state index is 12.3. The predicted octanol–water partition coefficient (Wildman–Crippen LogP) is 4.85. The number of nitro benzene ring substituents is 1. The maximum absolute atomic E-state index is 12.3. The molecular weight excluding hydrogens is 468 g/mol. The molecule has 3 aromatic carbocycles. The number of anilines is 1. The van der Waals surface area contributed by atoms with Crippen LogP contribution in [0.5, 0.6) is 23.0 Å². The fourth-order valence-electron chi connectivity index (χ4n) is 2.81. The van der Waals surface area contributed by atoms with Crippen molar-refractivity contribution in [3.8, 4) is 23.0 Å². The van der Waals surface area contributed by atoms with Crippen LogP contribution in [0.15, 0.2) is 60.7 Å². The highest BCUT2D eigenvalue weighted by molar-refractivity contribution is 6.30. The maximum Gasteiger partial charge on any atom is 0.338 e. The molecular formula is C23H19ClN2O8. The number of carbonyl (C=O) groups excluding carboxylic acids is 2. The van der Waals surface area contributed by atoms with Gasteiger partial charge in [0.15, 0.2) is 6.61 Å². The Morgan fingerprint density at radius 2 is 1.65 bits per heavy atom. The number of esters is 1. The van der Waals surface area contributed by atoms with Crippen LogP contribution in [-0.2, 0) is 9.53 Å². The molecule has 0 atom stereocenters. The van der Waals surface area contributed by atoms with E-state index in [0.29, 0.717) is 17.2 Å². The van der Waals surface area contributed by atoms with Gasteiger partial charge in [0.25, 0.3) is 5.91 Å². The molecule has 3 aromatic rings. The number of carbonyl (C=O) groups is 2. The van der Waals surface area contributed by atoms with Gasteiger partial charge >= 0.3 is 11.7 Å². The summed E-state index contributed by atoms with van der Waals surface area (Å²) in [5, 5.41) is 14.0. The molecule has 176 valence electrons. The normalized spacial score (nSPS) is 10.2. The van der Waals surface area contributed by atoms with Gasteiger partial charge in [-0.05, 0) is 48.5 Å². The van der Waals surface area contributed by atoms with Gasteiger partial charge in [0.1, 0.15) is 17.2 Å². The van der Waals surface area contributed by atoms with E-state index in [2.05, 4.69) is 5.32 Å². The van der Waals surface area contributed by atoms with E-state index >= 15 is 0 Å². The van der Waals surface area contributed by atoms with E-state index in [-0.39, 0.29) is 27.8 Å². The quantitative estimate of drug-likeness (QED) is 0.258. The Morgan fingerprint density at radius 1 is 0.941 bits per heavy atom. The number of hydrogen-bond donors (Lipinski definition) is 1. The van der Waals surface area contributed by atoms with Crippen LogP contribution in [0.1, 0.15) is 10.4 Å². The second kappa shape index (κ2) is 11.0. The van der Waals surface area contributed by atoms with Gasteiger partial charge in [-0.25, -0.2) is 4.79 Å². The predicted molar refractivity (Wildman–Crippen MR) is 123 cm³/mol. The number of nitrogens with zero attached hydrogens (tertiary/aromatic N) is 1. The molecule has 1 N–H and O–H groups in total. The second-order valence-corrected chi connectivity index (χ2v) is 7.12. The summed E-state index contributed by atoms with van der Waals surface area (Å²) in [5.74, 6) is -0.107. The molecule has 0 saturated heterocycles. The van der Waals surface area contributed by atoms with Crippen molar-refractivity contribution in [2.75, 3.05) is 26.1 Å². The molecule has 0 aliphatic rings. The van der Waals surface area contributed by atoms with Gasteiger partial charge < -0.3 is 24.3 Å². The molecule has 0 unspecified atom stereocenters. The summed E-state index contributed by atoms with van der Waals surface area (Å²) in [5.41, 5.74) is 0.255. The first-order valence-electron chi connectivity index (χ1n) is 9.71. The summed E-state index contributed by atoms with van der Waals surface area (Å²) < 4.78 is 20.9. The summed E-state index contributed by atoms with van der Waals surface area (Å²) >= 11 is 5.79. The van der Waals surface area contributed by atoms with E-state index in [4.69, 9.17) is 30.5 Å². The van der Waals surface area contributed by atoms with Gasteiger partial charge in [-0.2, -0.15) is 0 Å². The Labute approximate surface area is 199 Å². The van der Waals surface area contributed by atoms with E-state index in [0.717, 1.165) is 0 Å². The van der Waals surface area contributed by atoms with Crippen LogP contribution in [0.2, 0.25) is 5.02 Å². The highest BCUT2D eigenvalue weighted by Crippen LogP contribution is 2.33. The molecule has 34 heavy (non-hydrogen) atoms. The van der Waals surface area contributed by atoms with Crippen molar-refractivity contribution in [3.05, 3.63) is 81.4 Å². The molecule has 0 radical (unpaired) electrons. The summed E-state index contributed by atoms with van der Waals surface area (Å²) in [6, 6.07) is 14.6. The lowest BCUT2D eigenvalue weighted by atomic mass is 10.2. The summed E-state index contributed by atoms with van der Waals surface area (Å²) in [6.45, 7) is -0.525. The Kier molecular flexibility index (Phi) is 7.88. The SMILES string of the molecule is COc1ccc(NC(=O)COC(=O)c2ccc(Oc3ccc(Cl)cc3[N+](=O)[O-])cc2)c(OC)c1. The number of nitro groups is 1. The van der Waals surface area contributed by atoms with Crippen molar-refractivity contribution >= 4 is 34.9 Å². The van der Waals surface area contributed by atoms with Crippen molar-refractivity contribution in [3.63, 3.8) is 0 Å². The molecule has 0 aliphatic carbocycles. The zero-order valence-electron chi connectivity index (χ0n) is 18.1. The third kappa shape index (κ3) is 6.14. The molecule has 10 nitrogen and oxygen atoms in total. The van der Waals surface area contributed by atoms with Gasteiger partial charge in [0.05, 0.1) is 30.4 Å². The summed E-state index contributed by atoms with van der Waals surface area (Å²) in [6.07, 6.45) is 0. The smallest absolute Gasteiger partial charge is 0.338 e. The number of benzene rings is 3. The molecule has 3 rings (SSSR count). The van der Waals surface area contributed by atoms with E-state index in [9.17, 15) is 19.7 Å². The van der Waals surface area contributed by atoms with E-state index in [1.807, 2.05) is 0 Å². The molecule has 0 bridgehead atoms. The number of methoxy groups -OCH3 is 2. The van der Waals surface area contributed by atoms with E-state index < -0.39 is 23.4 Å². The number of amides is 1. The van der Waals surface area contributed by atoms with Crippen LogP contribution < -0.4 is 19.5 Å². The Balaban J connectivity index is 1.58. The first-order chi connectivity index (χ1) is 16.3. The molecule has 0 aromatic heterocycles. The molecule has 0 saturated carbocycles. The summed E-state index contributed by atoms with van der Waals surface area (Å²) in [4.78, 5) is 35.0. The van der Waals surface area contributed by atoms with Crippen LogP contribution in [-0.4, -0.2) is 37.6 Å². The van der Waals surface area contributed by atoms with Crippen LogP contribution >= 0.6 is 11.6 Å². The second-order valence-electron chi connectivity index (χ2n) is 6.69. The third-order valence-corrected chi connectivity index (χ3v) is 4.69. The largest absolute Gasteiger partial charge is 0.497 e. The van der Waals surface area contributed by atoms with Crippen molar-refractivity contribution < 1.29 is 33.5 Å². The lowest BCUT2D eigenvalue weighted by molar-refractivity contribution is -0.385. The van der Waals surface area contributed by atoms with Gasteiger partial charge in [0, 0.05) is 17.2 Å². The first kappa shape index (κ1) is 24.3. The molecule has 0 heterocycles. The van der Waals surface area contributed by atoms with E-state index in [1.165, 1.54) is 56.7 Å².